The van der Waals surface area contributed by atoms with Crippen LogP contribution in [0.15, 0.2) is 0 Å². The van der Waals surface area contributed by atoms with Crippen LogP contribution in [0.2, 0.25) is 0 Å². The van der Waals surface area contributed by atoms with Crippen molar-refractivity contribution in [3.63, 3.8) is 0 Å². The lowest BCUT2D eigenvalue weighted by Gasteiger charge is -2.00. The second kappa shape index (κ2) is 10.6. The van der Waals surface area contributed by atoms with Crippen LogP contribution >= 0.6 is 0 Å². The molecule has 2 nitrogen and oxygen atoms in total. The second-order valence-electron chi connectivity index (χ2n) is 3.97. The van der Waals surface area contributed by atoms with Gasteiger partial charge in [0.15, 0.2) is 0 Å². The van der Waals surface area contributed by atoms with Gasteiger partial charge in [0.05, 0.1) is 0 Å². The third-order valence-corrected chi connectivity index (χ3v) is 2.49. The molecule has 0 fully saturated rings. The summed E-state index contributed by atoms with van der Waals surface area (Å²) in [6.07, 6.45) is 11.5. The van der Waals surface area contributed by atoms with Gasteiger partial charge in [0, 0.05) is 6.42 Å². The Morgan fingerprint density at radius 1 is 0.857 bits per heavy atom. The van der Waals surface area contributed by atoms with Gasteiger partial charge in [-0.25, -0.2) is 0 Å². The molecule has 0 aliphatic heterocycles. The molecule has 0 atom stereocenters. The first-order chi connectivity index (χ1) is 6.77. The molecule has 0 saturated carbocycles. The SMILES string of the molecule is CCCCCCCCCCC[14C](=O)O. The van der Waals surface area contributed by atoms with Crippen LogP contribution in [0.5, 0.6) is 0 Å². The predicted octanol–water partition coefficient (Wildman–Crippen LogP) is 3.99. The van der Waals surface area contributed by atoms with E-state index in [0.29, 0.717) is 6.42 Å². The monoisotopic (exact) mass is 202 g/mol. The molecule has 0 aliphatic carbocycles. The molecule has 0 amide bonds. The van der Waals surface area contributed by atoms with Crippen molar-refractivity contribution in [1.82, 2.24) is 0 Å². The van der Waals surface area contributed by atoms with Crippen LogP contribution < -0.4 is 0 Å². The number of carboxylic acids is 1. The van der Waals surface area contributed by atoms with E-state index in [2.05, 4.69) is 6.92 Å². The van der Waals surface area contributed by atoms with Crippen molar-refractivity contribution >= 4 is 5.97 Å². The van der Waals surface area contributed by atoms with Crippen molar-refractivity contribution in [2.75, 3.05) is 0 Å². The highest BCUT2D eigenvalue weighted by molar-refractivity contribution is 5.66. The lowest BCUT2D eigenvalue weighted by atomic mass is 10.1. The van der Waals surface area contributed by atoms with Crippen molar-refractivity contribution in [3.05, 3.63) is 0 Å². The molecule has 14 heavy (non-hydrogen) atoms. The molecular weight excluding hydrogens is 178 g/mol. The summed E-state index contributed by atoms with van der Waals surface area (Å²) >= 11 is 0. The second-order valence-corrected chi connectivity index (χ2v) is 3.97. The van der Waals surface area contributed by atoms with Gasteiger partial charge in [-0.1, -0.05) is 58.3 Å². The molecule has 0 saturated heterocycles. The van der Waals surface area contributed by atoms with E-state index in [1.165, 1.54) is 44.9 Å². The number of aliphatic carboxylic acids is 1. The van der Waals surface area contributed by atoms with Gasteiger partial charge < -0.3 is 5.11 Å². The van der Waals surface area contributed by atoms with Gasteiger partial charge in [-0.15, -0.1) is 0 Å². The summed E-state index contributed by atoms with van der Waals surface area (Å²) in [5, 5.41) is 8.41. The van der Waals surface area contributed by atoms with Gasteiger partial charge in [-0.05, 0) is 6.42 Å². The molecule has 2 heteroatoms. The van der Waals surface area contributed by atoms with Gasteiger partial charge in [0.25, 0.3) is 0 Å². The van der Waals surface area contributed by atoms with Crippen LogP contribution in [-0.2, 0) is 4.79 Å². The van der Waals surface area contributed by atoms with E-state index in [4.69, 9.17) is 5.11 Å². The van der Waals surface area contributed by atoms with Crippen LogP contribution in [0.1, 0.15) is 71.1 Å². The average Bonchev–Trinajstić information content (AvgIpc) is 2.15. The first kappa shape index (κ1) is 13.5. The van der Waals surface area contributed by atoms with Crippen LogP contribution in [0.25, 0.3) is 0 Å². The van der Waals surface area contributed by atoms with Crippen LogP contribution in [-0.4, -0.2) is 11.1 Å². The number of rotatable bonds is 10. The Balaban J connectivity index is 2.88. The summed E-state index contributed by atoms with van der Waals surface area (Å²) < 4.78 is 0. The largest absolute Gasteiger partial charge is 0.481 e. The lowest BCUT2D eigenvalue weighted by molar-refractivity contribution is -0.137. The van der Waals surface area contributed by atoms with Crippen molar-refractivity contribution in [3.8, 4) is 0 Å². The third kappa shape index (κ3) is 11.5. The lowest BCUT2D eigenvalue weighted by Crippen LogP contribution is -1.93. The molecule has 0 aliphatic rings. The fraction of sp³-hybridized carbons (Fsp3) is 0.917. The number of hydrogen-bond acceptors (Lipinski definition) is 1. The Hall–Kier alpha value is -0.530. The summed E-state index contributed by atoms with van der Waals surface area (Å²) in [5.41, 5.74) is 0. The molecule has 0 heterocycles. The van der Waals surface area contributed by atoms with E-state index in [9.17, 15) is 4.79 Å². The fourth-order valence-corrected chi connectivity index (χ4v) is 1.59. The maximum Gasteiger partial charge on any atom is 0.303 e. The number of unbranched alkanes of at least 4 members (excludes halogenated alkanes) is 8. The molecule has 0 bridgehead atoms. The number of carbonyl (C=O) groups is 1. The molecule has 0 aromatic carbocycles. The first-order valence-corrected chi connectivity index (χ1v) is 5.99. The summed E-state index contributed by atoms with van der Waals surface area (Å²) in [6, 6.07) is 0. The van der Waals surface area contributed by atoms with Gasteiger partial charge in [0.2, 0.25) is 0 Å². The van der Waals surface area contributed by atoms with Crippen molar-refractivity contribution in [2.45, 2.75) is 71.1 Å². The van der Waals surface area contributed by atoms with Crippen LogP contribution in [0.3, 0.4) is 0 Å². The Labute approximate surface area is 87.7 Å². The fourth-order valence-electron chi connectivity index (χ4n) is 1.59. The molecule has 0 spiro atoms. The standard InChI is InChI=1S/C12H24O2/c1-2-3-4-5-6-7-8-9-10-11-12(13)14/h2-11H2,1H3,(H,13,14)/i12+2. The Bertz CT molecular complexity index is 132. The van der Waals surface area contributed by atoms with E-state index in [1.54, 1.807) is 0 Å². The maximum absolute atomic E-state index is 10.2. The summed E-state index contributed by atoms with van der Waals surface area (Å²) in [6.45, 7) is 2.23. The zero-order chi connectivity index (χ0) is 10.6. The van der Waals surface area contributed by atoms with Crippen molar-refractivity contribution in [1.29, 1.82) is 0 Å². The molecule has 0 aromatic heterocycles. The van der Waals surface area contributed by atoms with Crippen LogP contribution in [0.4, 0.5) is 0 Å². The highest BCUT2D eigenvalue weighted by atomic mass is 16.6. The van der Waals surface area contributed by atoms with Crippen molar-refractivity contribution < 1.29 is 9.90 Å². The predicted molar refractivity (Wildman–Crippen MR) is 59.5 cm³/mol. The Morgan fingerprint density at radius 2 is 1.29 bits per heavy atom. The molecular formula is C12H24O2. The maximum atomic E-state index is 10.2. The van der Waals surface area contributed by atoms with Gasteiger partial charge in [0.1, 0.15) is 0 Å². The molecule has 0 unspecified atom stereocenters. The minimum atomic E-state index is -0.659. The molecule has 84 valence electrons. The van der Waals surface area contributed by atoms with E-state index in [1.807, 2.05) is 0 Å². The molecule has 0 radical (unpaired) electrons. The molecule has 1 N–H and O–H groups in total. The molecule has 0 aromatic rings. The Kier molecular flexibility index (Phi) is 10.2. The molecule has 0 rings (SSSR count). The number of hydrogen-bond donors (Lipinski definition) is 1. The summed E-state index contributed by atoms with van der Waals surface area (Å²) in [7, 11) is 0. The normalized spacial score (nSPS) is 10.4. The van der Waals surface area contributed by atoms with Crippen LogP contribution in [0, 0.1) is 0 Å². The van der Waals surface area contributed by atoms with E-state index in [0.717, 1.165) is 12.8 Å². The van der Waals surface area contributed by atoms with Gasteiger partial charge in [-0.2, -0.15) is 0 Å². The summed E-state index contributed by atoms with van der Waals surface area (Å²) in [4.78, 5) is 10.2. The summed E-state index contributed by atoms with van der Waals surface area (Å²) in [5.74, 6) is -0.659. The number of carboxylic acid groups (broad SMARTS) is 1. The van der Waals surface area contributed by atoms with E-state index in [-0.39, 0.29) is 0 Å². The first-order valence-electron chi connectivity index (χ1n) is 5.99. The average molecular weight is 202 g/mol. The van der Waals surface area contributed by atoms with E-state index < -0.39 is 5.97 Å². The topological polar surface area (TPSA) is 37.3 Å². The highest BCUT2D eigenvalue weighted by Gasteiger charge is 1.96. The van der Waals surface area contributed by atoms with Crippen molar-refractivity contribution in [2.24, 2.45) is 0 Å². The zero-order valence-corrected chi connectivity index (χ0v) is 9.43. The Morgan fingerprint density at radius 3 is 1.71 bits per heavy atom. The minimum Gasteiger partial charge on any atom is -0.481 e. The van der Waals surface area contributed by atoms with Gasteiger partial charge in [-0.3, -0.25) is 4.79 Å². The smallest absolute Gasteiger partial charge is 0.303 e. The quantitative estimate of drug-likeness (QED) is 0.544. The zero-order valence-electron chi connectivity index (χ0n) is 9.43. The third-order valence-electron chi connectivity index (χ3n) is 2.49. The van der Waals surface area contributed by atoms with Gasteiger partial charge >= 0.3 is 5.97 Å². The van der Waals surface area contributed by atoms with E-state index >= 15 is 0 Å². The highest BCUT2D eigenvalue weighted by Crippen LogP contribution is 2.10. The minimum absolute atomic E-state index is 0.343.